The van der Waals surface area contributed by atoms with E-state index in [-0.39, 0.29) is 5.56 Å². The number of nitrogens with one attached hydrogen (secondary N) is 1. The third-order valence-corrected chi connectivity index (χ3v) is 6.60. The number of nitrogens with two attached hydrogens (primary N) is 1. The number of amidine groups is 1. The number of aryl methyl sites for hydroxylation is 2. The fourth-order valence-corrected chi connectivity index (χ4v) is 4.86. The molecule has 0 fully saturated rings. The zero-order valence-corrected chi connectivity index (χ0v) is 24.7. The van der Waals surface area contributed by atoms with E-state index in [1.165, 1.54) is 7.11 Å². The first-order chi connectivity index (χ1) is 20.1. The molecule has 1 heterocycles. The van der Waals surface area contributed by atoms with Crippen LogP contribution in [-0.4, -0.2) is 34.6 Å². The van der Waals surface area contributed by atoms with Crippen LogP contribution in [0.15, 0.2) is 82.7 Å². The smallest absolute Gasteiger partial charge is 0.261 e. The van der Waals surface area contributed by atoms with E-state index in [0.717, 1.165) is 34.4 Å². The summed E-state index contributed by atoms with van der Waals surface area (Å²) < 4.78 is 7.38. The number of carbonyl (C=O) groups is 1. The van der Waals surface area contributed by atoms with Crippen molar-refractivity contribution in [2.24, 2.45) is 10.9 Å². The van der Waals surface area contributed by atoms with Gasteiger partial charge in [0.1, 0.15) is 18.7 Å². The van der Waals surface area contributed by atoms with Crippen LogP contribution in [0, 0.1) is 6.92 Å². The summed E-state index contributed by atoms with van der Waals surface area (Å²) in [4.78, 5) is 34.9. The van der Waals surface area contributed by atoms with E-state index < -0.39 is 5.72 Å². The van der Waals surface area contributed by atoms with Crippen molar-refractivity contribution in [2.75, 3.05) is 7.11 Å². The zero-order chi connectivity index (χ0) is 30.3. The van der Waals surface area contributed by atoms with E-state index in [9.17, 15) is 9.59 Å². The van der Waals surface area contributed by atoms with Gasteiger partial charge in [-0.15, -0.1) is 0 Å². The van der Waals surface area contributed by atoms with Gasteiger partial charge < -0.3 is 14.9 Å². The highest BCUT2D eigenvalue weighted by atomic mass is 16.6. The Kier molecular flexibility index (Phi) is 9.54. The molecule has 0 radical (unpaired) electrons. The van der Waals surface area contributed by atoms with Crippen molar-refractivity contribution in [3.8, 4) is 22.6 Å². The van der Waals surface area contributed by atoms with Crippen LogP contribution in [0.25, 0.3) is 16.8 Å². The van der Waals surface area contributed by atoms with Gasteiger partial charge in [0.25, 0.3) is 5.56 Å². The van der Waals surface area contributed by atoms with Gasteiger partial charge in [-0.05, 0) is 68.1 Å². The van der Waals surface area contributed by atoms with Gasteiger partial charge in [0.2, 0.25) is 6.41 Å². The van der Waals surface area contributed by atoms with Gasteiger partial charge >= 0.3 is 0 Å². The summed E-state index contributed by atoms with van der Waals surface area (Å²) >= 11 is 0. The number of aromatic nitrogens is 2. The van der Waals surface area contributed by atoms with E-state index in [1.807, 2.05) is 67.6 Å². The number of hydrogen-bond donors (Lipinski definition) is 2. The van der Waals surface area contributed by atoms with Crippen LogP contribution in [0.1, 0.15) is 55.4 Å². The Balaban J connectivity index is 1.69. The number of hydrogen-bond acceptors (Lipinski definition) is 7. The highest BCUT2D eigenvalue weighted by Gasteiger charge is 2.18. The van der Waals surface area contributed by atoms with E-state index >= 15 is 0 Å². The second kappa shape index (κ2) is 13.3. The number of amides is 1. The molecule has 3 N–H and O–H groups in total. The summed E-state index contributed by atoms with van der Waals surface area (Å²) in [5.41, 5.74) is 10.8. The summed E-state index contributed by atoms with van der Waals surface area (Å²) in [7, 11) is 1.43. The Morgan fingerprint density at radius 3 is 2.38 bits per heavy atom. The van der Waals surface area contributed by atoms with Gasteiger partial charge in [0, 0.05) is 17.5 Å². The first-order valence-corrected chi connectivity index (χ1v) is 13.8. The average molecular weight is 568 g/mol. The Labute approximate surface area is 246 Å². The third kappa shape index (κ3) is 7.11. The molecule has 3 aromatic carbocycles. The van der Waals surface area contributed by atoms with Gasteiger partial charge in [-0.25, -0.2) is 4.98 Å². The van der Waals surface area contributed by atoms with Crippen LogP contribution in [0.3, 0.4) is 0 Å². The maximum absolute atomic E-state index is 13.9. The van der Waals surface area contributed by atoms with Crippen molar-refractivity contribution >= 4 is 12.2 Å². The Hall–Kier alpha value is -4.76. The number of carbonyl (C=O) groups excluding carboxylic acids is 1. The largest absolute Gasteiger partial charge is 0.474 e. The van der Waals surface area contributed by atoms with E-state index in [2.05, 4.69) is 17.4 Å². The first-order valence-electron chi connectivity index (χ1n) is 13.8. The topological polar surface area (TPSA) is 121 Å². The Morgan fingerprint density at radius 2 is 1.76 bits per heavy atom. The molecule has 1 amide bonds. The molecule has 9 nitrogen and oxygen atoms in total. The Bertz CT molecular complexity index is 1620. The zero-order valence-electron chi connectivity index (χ0n) is 24.7. The van der Waals surface area contributed by atoms with Crippen LogP contribution in [0.4, 0.5) is 0 Å². The van der Waals surface area contributed by atoms with Crippen molar-refractivity contribution in [1.82, 2.24) is 14.9 Å². The molecule has 0 saturated carbocycles. The molecular weight excluding hydrogens is 530 g/mol. The van der Waals surface area contributed by atoms with Gasteiger partial charge in [0.05, 0.1) is 11.4 Å². The number of ether oxygens (including phenoxy) is 1. The number of rotatable bonds is 11. The second-order valence-corrected chi connectivity index (χ2v) is 10.5. The van der Waals surface area contributed by atoms with E-state index in [1.54, 1.807) is 30.5 Å². The van der Waals surface area contributed by atoms with E-state index in [4.69, 9.17) is 20.3 Å². The molecule has 0 bridgehead atoms. The summed E-state index contributed by atoms with van der Waals surface area (Å²) in [6.45, 7) is 7.49. The molecule has 42 heavy (non-hydrogen) atoms. The molecule has 0 aliphatic carbocycles. The third-order valence-electron chi connectivity index (χ3n) is 6.60. The SMILES string of the molecule is CCCc1nc(C)n(-c2ccc(OC(C)(C)N)cc2)c(=O)c1Cc1ccc(-c2ccccc2/C(=N/OC)NC=O)cc1. The lowest BCUT2D eigenvalue weighted by Crippen LogP contribution is -2.38. The summed E-state index contributed by atoms with van der Waals surface area (Å²) in [6.07, 6.45) is 2.59. The van der Waals surface area contributed by atoms with Crippen LogP contribution in [0.5, 0.6) is 5.75 Å². The maximum atomic E-state index is 13.9. The van der Waals surface area contributed by atoms with Crippen molar-refractivity contribution < 1.29 is 14.4 Å². The normalized spacial score (nSPS) is 11.7. The number of oxime groups is 1. The molecule has 1 aromatic heterocycles. The van der Waals surface area contributed by atoms with Gasteiger partial charge in [0.15, 0.2) is 11.6 Å². The first kappa shape index (κ1) is 30.2. The quantitative estimate of drug-likeness (QED) is 0.0876. The van der Waals surface area contributed by atoms with Gasteiger partial charge in [-0.1, -0.05) is 67.0 Å². The molecule has 0 saturated heterocycles. The molecular formula is C33H37N5O4. The summed E-state index contributed by atoms with van der Waals surface area (Å²) in [5.74, 6) is 1.57. The molecule has 9 heteroatoms. The van der Waals surface area contributed by atoms with Crippen LogP contribution < -0.4 is 21.3 Å². The fraction of sp³-hybridized carbons (Fsp3) is 0.273. The highest BCUT2D eigenvalue weighted by Crippen LogP contribution is 2.26. The number of benzene rings is 3. The van der Waals surface area contributed by atoms with Gasteiger partial charge in [-0.3, -0.25) is 19.9 Å². The molecule has 4 aromatic rings. The van der Waals surface area contributed by atoms with Crippen molar-refractivity contribution in [3.63, 3.8) is 0 Å². The summed E-state index contributed by atoms with van der Waals surface area (Å²) in [6, 6.07) is 22.9. The molecule has 0 unspecified atom stereocenters. The highest BCUT2D eigenvalue weighted by molar-refractivity contribution is 6.08. The predicted octanol–water partition coefficient (Wildman–Crippen LogP) is 4.88. The van der Waals surface area contributed by atoms with Crippen LogP contribution >= 0.6 is 0 Å². The Morgan fingerprint density at radius 1 is 1.07 bits per heavy atom. The minimum Gasteiger partial charge on any atom is -0.474 e. The lowest BCUT2D eigenvalue weighted by atomic mass is 9.96. The molecule has 0 atom stereocenters. The standard InChI is InChI=1S/C33H37N5O4/c1-6-9-30-29(32(40)38(22(2)36-30)25-16-18-26(19-17-25)42-33(3,4)34)20-23-12-14-24(15-13-23)27-10-7-8-11-28(27)31(35-21-39)37-41-5/h7-8,10-19,21H,6,9,20,34H2,1-5H3,(H,35,37,39). The van der Waals surface area contributed by atoms with Crippen molar-refractivity contribution in [1.29, 1.82) is 0 Å². The molecule has 0 aliphatic rings. The fourth-order valence-electron chi connectivity index (χ4n) is 4.86. The second-order valence-electron chi connectivity index (χ2n) is 10.5. The van der Waals surface area contributed by atoms with E-state index in [0.29, 0.717) is 47.9 Å². The minimum absolute atomic E-state index is 0.0893. The predicted molar refractivity (Wildman–Crippen MR) is 165 cm³/mol. The molecule has 218 valence electrons. The molecule has 4 rings (SSSR count). The molecule has 0 spiro atoms. The van der Waals surface area contributed by atoms with Crippen molar-refractivity contribution in [3.05, 3.63) is 111 Å². The van der Waals surface area contributed by atoms with Crippen LogP contribution in [-0.2, 0) is 22.5 Å². The minimum atomic E-state index is -0.811. The van der Waals surface area contributed by atoms with Crippen molar-refractivity contribution in [2.45, 2.75) is 52.7 Å². The number of nitrogens with zero attached hydrogens (tertiary/aromatic N) is 3. The monoisotopic (exact) mass is 567 g/mol. The maximum Gasteiger partial charge on any atom is 0.261 e. The van der Waals surface area contributed by atoms with Crippen LogP contribution in [0.2, 0.25) is 0 Å². The van der Waals surface area contributed by atoms with Gasteiger partial charge in [-0.2, -0.15) is 0 Å². The lowest BCUT2D eigenvalue weighted by Gasteiger charge is -2.21. The summed E-state index contributed by atoms with van der Waals surface area (Å²) in [5, 5.41) is 6.56. The average Bonchev–Trinajstić information content (AvgIpc) is 2.95. The molecule has 0 aliphatic heterocycles. The lowest BCUT2D eigenvalue weighted by molar-refractivity contribution is -0.108.